The highest BCUT2D eigenvalue weighted by atomic mass is 79.9. The van der Waals surface area contributed by atoms with Crippen LogP contribution in [0.15, 0.2) is 22.7 Å². The molecule has 1 aromatic rings. The molecule has 1 atom stereocenters. The number of ether oxygens (including phenoxy) is 1. The maximum atomic E-state index is 11.6. The van der Waals surface area contributed by atoms with E-state index >= 15 is 0 Å². The van der Waals surface area contributed by atoms with E-state index in [1.165, 1.54) is 24.8 Å². The van der Waals surface area contributed by atoms with Gasteiger partial charge in [-0.25, -0.2) is 0 Å². The van der Waals surface area contributed by atoms with Crippen molar-refractivity contribution in [1.29, 1.82) is 0 Å². The number of aliphatic hydroxyl groups is 1. The minimum atomic E-state index is -0.593. The molecular weight excluding hydrogens is 475 g/mol. The fraction of sp³-hybridized carbons (Fsp3) is 0.727. The van der Waals surface area contributed by atoms with Crippen molar-refractivity contribution in [3.05, 3.63) is 28.2 Å². The van der Waals surface area contributed by atoms with Gasteiger partial charge < -0.3 is 19.6 Å². The topological polar surface area (TPSA) is 35.9 Å². The number of nitrogens with zero attached hydrogens (tertiary/aromatic N) is 2. The van der Waals surface area contributed by atoms with Crippen LogP contribution in [0.4, 0.5) is 0 Å². The Balaban J connectivity index is 0.00000210. The molecule has 2 fully saturated rings. The van der Waals surface area contributed by atoms with E-state index in [0.29, 0.717) is 6.04 Å². The van der Waals surface area contributed by atoms with Gasteiger partial charge in [0.15, 0.2) is 0 Å². The van der Waals surface area contributed by atoms with Crippen LogP contribution in [0.25, 0.3) is 0 Å². The first-order valence-electron chi connectivity index (χ1n) is 10.4. The second kappa shape index (κ2) is 12.1. The first-order valence-corrected chi connectivity index (χ1v) is 11.2. The number of hydrogen-bond acceptors (Lipinski definition) is 4. The summed E-state index contributed by atoms with van der Waals surface area (Å²) in [6.07, 6.45) is 7.76. The van der Waals surface area contributed by atoms with Crippen LogP contribution in [0.3, 0.4) is 0 Å². The van der Waals surface area contributed by atoms with Gasteiger partial charge in [-0.3, -0.25) is 0 Å². The van der Waals surface area contributed by atoms with E-state index in [9.17, 15) is 5.11 Å². The van der Waals surface area contributed by atoms with Crippen molar-refractivity contribution in [2.24, 2.45) is 0 Å². The molecule has 1 N–H and O–H groups in total. The predicted molar refractivity (Wildman–Crippen MR) is 129 cm³/mol. The van der Waals surface area contributed by atoms with Crippen LogP contribution in [-0.4, -0.2) is 67.4 Å². The summed E-state index contributed by atoms with van der Waals surface area (Å²) >= 11 is 3.64. The molecule has 29 heavy (non-hydrogen) atoms. The normalized spacial score (nSPS) is 21.2. The van der Waals surface area contributed by atoms with E-state index in [2.05, 4.69) is 52.0 Å². The quantitative estimate of drug-likeness (QED) is 0.575. The summed E-state index contributed by atoms with van der Waals surface area (Å²) in [7, 11) is 6.06. The number of rotatable bonds is 6. The van der Waals surface area contributed by atoms with E-state index in [1.54, 1.807) is 7.11 Å². The van der Waals surface area contributed by atoms with Crippen LogP contribution in [-0.2, 0) is 0 Å². The van der Waals surface area contributed by atoms with Crippen LogP contribution < -0.4 is 4.74 Å². The SMILES string of the molecule is COc1ccc(C(CN2CCC(N(C)C)CC2)C2(O)CCCCC2)cc1Br.Cl.Cl. The molecule has 1 heterocycles. The molecule has 0 amide bonds. The third kappa shape index (κ3) is 6.72. The van der Waals surface area contributed by atoms with Gasteiger partial charge in [0, 0.05) is 18.5 Å². The minimum Gasteiger partial charge on any atom is -0.496 e. The zero-order valence-corrected chi connectivity index (χ0v) is 21.1. The van der Waals surface area contributed by atoms with E-state index < -0.39 is 5.60 Å². The lowest BCUT2D eigenvalue weighted by atomic mass is 9.72. The van der Waals surface area contributed by atoms with Gasteiger partial charge in [0.1, 0.15) is 5.75 Å². The van der Waals surface area contributed by atoms with Gasteiger partial charge in [0.05, 0.1) is 17.2 Å². The molecule has 1 saturated heterocycles. The molecule has 4 nitrogen and oxygen atoms in total. The molecule has 2 aliphatic rings. The van der Waals surface area contributed by atoms with Gasteiger partial charge in [0.25, 0.3) is 0 Å². The number of hydrogen-bond donors (Lipinski definition) is 1. The fourth-order valence-electron chi connectivity index (χ4n) is 4.87. The molecule has 1 aromatic carbocycles. The Morgan fingerprint density at radius 2 is 1.79 bits per heavy atom. The standard InChI is InChI=1S/C22H35BrN2O2.2ClH/c1-24(2)18-9-13-25(14-10-18)16-19(22(26)11-5-4-6-12-22)17-7-8-21(27-3)20(23)15-17;;/h7-8,15,18-19,26H,4-6,9-14,16H2,1-3H3;2*1H. The van der Waals surface area contributed by atoms with Crippen LogP contribution in [0.1, 0.15) is 56.4 Å². The number of piperidine rings is 1. The number of methoxy groups -OCH3 is 1. The molecule has 3 rings (SSSR count). The lowest BCUT2D eigenvalue weighted by molar-refractivity contribution is -0.0335. The Morgan fingerprint density at radius 1 is 1.17 bits per heavy atom. The molecule has 7 heteroatoms. The predicted octanol–water partition coefficient (Wildman–Crippen LogP) is 5.11. The molecule has 0 radical (unpaired) electrons. The number of benzene rings is 1. The highest BCUT2D eigenvalue weighted by Crippen LogP contribution is 2.42. The van der Waals surface area contributed by atoms with Crippen molar-refractivity contribution < 1.29 is 9.84 Å². The Labute approximate surface area is 197 Å². The smallest absolute Gasteiger partial charge is 0.133 e. The largest absolute Gasteiger partial charge is 0.496 e. The summed E-state index contributed by atoms with van der Waals surface area (Å²) in [6.45, 7) is 3.18. The van der Waals surface area contributed by atoms with Crippen molar-refractivity contribution in [2.45, 2.75) is 62.5 Å². The van der Waals surface area contributed by atoms with Gasteiger partial charge >= 0.3 is 0 Å². The monoisotopic (exact) mass is 510 g/mol. The van der Waals surface area contributed by atoms with Crippen LogP contribution in [0, 0.1) is 0 Å². The van der Waals surface area contributed by atoms with Crippen molar-refractivity contribution in [1.82, 2.24) is 9.80 Å². The van der Waals surface area contributed by atoms with Crippen LogP contribution in [0.2, 0.25) is 0 Å². The molecule has 0 spiro atoms. The number of likely N-dealkylation sites (tertiary alicyclic amines) is 1. The summed E-state index contributed by atoms with van der Waals surface area (Å²) in [5.41, 5.74) is 0.631. The lowest BCUT2D eigenvalue weighted by Gasteiger charge is -2.43. The van der Waals surface area contributed by atoms with Crippen LogP contribution in [0.5, 0.6) is 5.75 Å². The van der Waals surface area contributed by atoms with Gasteiger partial charge in [-0.2, -0.15) is 0 Å². The average molecular weight is 512 g/mol. The van der Waals surface area contributed by atoms with E-state index in [1.807, 2.05) is 6.07 Å². The molecule has 1 saturated carbocycles. The van der Waals surface area contributed by atoms with Crippen molar-refractivity contribution in [3.63, 3.8) is 0 Å². The van der Waals surface area contributed by atoms with Crippen molar-refractivity contribution >= 4 is 40.7 Å². The highest BCUT2D eigenvalue weighted by Gasteiger charge is 2.40. The zero-order valence-electron chi connectivity index (χ0n) is 17.9. The Hall–Kier alpha value is -0.0400. The Morgan fingerprint density at radius 3 is 2.31 bits per heavy atom. The van der Waals surface area contributed by atoms with Crippen molar-refractivity contribution in [2.75, 3.05) is 40.8 Å². The van der Waals surface area contributed by atoms with E-state index in [0.717, 1.165) is 55.5 Å². The molecule has 168 valence electrons. The second-order valence-corrected chi connectivity index (χ2v) is 9.46. The average Bonchev–Trinajstić information content (AvgIpc) is 2.67. The zero-order chi connectivity index (χ0) is 19.4. The molecule has 0 bridgehead atoms. The molecule has 1 aliphatic heterocycles. The third-order valence-corrected chi connectivity index (χ3v) is 7.29. The molecule has 1 unspecified atom stereocenters. The maximum Gasteiger partial charge on any atom is 0.133 e. The first kappa shape index (κ1) is 27.0. The summed E-state index contributed by atoms with van der Waals surface area (Å²) in [4.78, 5) is 4.92. The summed E-state index contributed by atoms with van der Waals surface area (Å²) in [6, 6.07) is 7.01. The van der Waals surface area contributed by atoms with Gasteiger partial charge in [0.2, 0.25) is 0 Å². The molecule has 0 aromatic heterocycles. The fourth-order valence-corrected chi connectivity index (χ4v) is 5.43. The highest BCUT2D eigenvalue weighted by molar-refractivity contribution is 9.10. The lowest BCUT2D eigenvalue weighted by Crippen LogP contribution is -2.48. The molecular formula is C22H37BrCl2N2O2. The van der Waals surface area contributed by atoms with Gasteiger partial charge in [-0.1, -0.05) is 25.3 Å². The summed E-state index contributed by atoms with van der Waals surface area (Å²) in [5.74, 6) is 0.996. The number of halogens is 3. The maximum absolute atomic E-state index is 11.6. The molecule has 1 aliphatic carbocycles. The van der Waals surface area contributed by atoms with Gasteiger partial charge in [-0.15, -0.1) is 24.8 Å². The Kier molecular flexibility index (Phi) is 11.3. The third-order valence-electron chi connectivity index (χ3n) is 6.67. The van der Waals surface area contributed by atoms with E-state index in [4.69, 9.17) is 4.74 Å². The minimum absolute atomic E-state index is 0. The Bertz CT molecular complexity index is 619. The van der Waals surface area contributed by atoms with E-state index in [-0.39, 0.29) is 30.7 Å². The summed E-state index contributed by atoms with van der Waals surface area (Å²) < 4.78 is 6.38. The van der Waals surface area contributed by atoms with Crippen molar-refractivity contribution in [3.8, 4) is 5.75 Å². The second-order valence-electron chi connectivity index (χ2n) is 8.61. The first-order chi connectivity index (χ1) is 12.9. The van der Waals surface area contributed by atoms with Gasteiger partial charge in [-0.05, 0) is 86.5 Å². The van der Waals surface area contributed by atoms with Crippen LogP contribution >= 0.6 is 40.7 Å². The summed E-state index contributed by atoms with van der Waals surface area (Å²) in [5, 5.41) is 11.6.